The van der Waals surface area contributed by atoms with E-state index in [4.69, 9.17) is 0 Å². The van der Waals surface area contributed by atoms with Crippen molar-refractivity contribution in [2.24, 2.45) is 11.8 Å². The van der Waals surface area contributed by atoms with E-state index >= 15 is 0 Å². The quantitative estimate of drug-likeness (QED) is 0.730. The van der Waals surface area contributed by atoms with Crippen molar-refractivity contribution in [1.29, 1.82) is 0 Å². The molecule has 4 aliphatic heterocycles. The van der Waals surface area contributed by atoms with Crippen molar-refractivity contribution in [2.75, 3.05) is 11.9 Å². The van der Waals surface area contributed by atoms with E-state index in [1.807, 2.05) is 32.0 Å². The molecule has 142 valence electrons. The van der Waals surface area contributed by atoms with Crippen LogP contribution in [-0.2, 0) is 19.9 Å². The van der Waals surface area contributed by atoms with Crippen LogP contribution in [0.4, 0.5) is 5.69 Å². The molecular weight excluding hydrogens is 410 g/mol. The third-order valence-electron chi connectivity index (χ3n) is 7.02. The first-order valence-corrected chi connectivity index (χ1v) is 10.5. The van der Waals surface area contributed by atoms with Gasteiger partial charge >= 0.3 is 0 Å². The maximum absolute atomic E-state index is 13.5. The summed E-state index contributed by atoms with van der Waals surface area (Å²) < 4.78 is 0.867. The number of benzene rings is 1. The average Bonchev–Trinajstić information content (AvgIpc) is 3.33. The number of nitrogens with zero attached hydrogens (tertiary/aromatic N) is 2. The highest BCUT2D eigenvalue weighted by Gasteiger charge is 2.74. The second kappa shape index (κ2) is 5.64. The zero-order valence-corrected chi connectivity index (χ0v) is 17.0. The van der Waals surface area contributed by atoms with Gasteiger partial charge in [0.2, 0.25) is 17.7 Å². The van der Waals surface area contributed by atoms with Crippen LogP contribution in [0.1, 0.15) is 38.7 Å². The lowest BCUT2D eigenvalue weighted by Gasteiger charge is -2.37. The standard InChI is InChI=1S/C20H22BrN3O3/c1-3-10(2)24-17(25)15-14-5-4-8-23(14)20(16(15)18(24)26)12-9-11(21)6-7-13(12)22-19(20)27/h6-7,9-10,14-16H,3-5,8H2,1-2H3,(H,22,27)/t10?,14?,15-,16+,20?/m1/s1. The molecule has 0 aliphatic carbocycles. The number of fused-ring (bicyclic) bond motifs is 7. The third-order valence-corrected chi connectivity index (χ3v) is 7.51. The summed E-state index contributed by atoms with van der Waals surface area (Å²) >= 11 is 3.51. The van der Waals surface area contributed by atoms with Crippen LogP contribution < -0.4 is 5.32 Å². The van der Waals surface area contributed by atoms with Gasteiger partial charge in [-0.2, -0.15) is 0 Å². The van der Waals surface area contributed by atoms with Crippen LogP contribution in [-0.4, -0.2) is 46.1 Å². The first kappa shape index (κ1) is 17.4. The molecule has 3 amide bonds. The topological polar surface area (TPSA) is 69.7 Å². The molecule has 1 aromatic rings. The lowest BCUT2D eigenvalue weighted by atomic mass is 9.75. The molecule has 4 aliphatic rings. The third kappa shape index (κ3) is 1.92. The number of anilines is 1. The minimum atomic E-state index is -1.07. The Morgan fingerprint density at radius 1 is 1.30 bits per heavy atom. The molecule has 5 atom stereocenters. The number of rotatable bonds is 2. The van der Waals surface area contributed by atoms with Gasteiger partial charge in [-0.3, -0.25) is 24.2 Å². The average molecular weight is 432 g/mol. The van der Waals surface area contributed by atoms with Crippen molar-refractivity contribution in [3.05, 3.63) is 28.2 Å². The highest BCUT2D eigenvalue weighted by atomic mass is 79.9. The number of hydrogen-bond donors (Lipinski definition) is 1. The van der Waals surface area contributed by atoms with E-state index in [-0.39, 0.29) is 29.8 Å². The molecule has 4 heterocycles. The monoisotopic (exact) mass is 431 g/mol. The molecule has 1 spiro atoms. The number of likely N-dealkylation sites (tertiary alicyclic amines) is 1. The molecule has 1 aromatic carbocycles. The van der Waals surface area contributed by atoms with Gasteiger partial charge in [-0.15, -0.1) is 0 Å². The van der Waals surface area contributed by atoms with Crippen molar-refractivity contribution in [3.63, 3.8) is 0 Å². The normalized spacial score (nSPS) is 35.6. The van der Waals surface area contributed by atoms with Crippen molar-refractivity contribution < 1.29 is 14.4 Å². The Bertz CT molecular complexity index is 887. The fraction of sp³-hybridized carbons (Fsp3) is 0.550. The fourth-order valence-electron chi connectivity index (χ4n) is 5.81. The van der Waals surface area contributed by atoms with Gasteiger partial charge in [0, 0.05) is 27.8 Å². The van der Waals surface area contributed by atoms with E-state index in [2.05, 4.69) is 26.1 Å². The largest absolute Gasteiger partial charge is 0.324 e. The van der Waals surface area contributed by atoms with Crippen molar-refractivity contribution >= 4 is 39.3 Å². The molecule has 3 saturated heterocycles. The van der Waals surface area contributed by atoms with Crippen LogP contribution >= 0.6 is 15.9 Å². The molecule has 0 bridgehead atoms. The minimum Gasteiger partial charge on any atom is -0.324 e. The Morgan fingerprint density at radius 2 is 2.07 bits per heavy atom. The van der Waals surface area contributed by atoms with Gasteiger partial charge in [0.05, 0.1) is 11.8 Å². The Morgan fingerprint density at radius 3 is 2.81 bits per heavy atom. The summed E-state index contributed by atoms with van der Waals surface area (Å²) in [6.45, 7) is 4.63. The Hall–Kier alpha value is -1.73. The molecule has 7 heteroatoms. The van der Waals surface area contributed by atoms with E-state index in [9.17, 15) is 14.4 Å². The molecule has 27 heavy (non-hydrogen) atoms. The molecule has 1 N–H and O–H groups in total. The van der Waals surface area contributed by atoms with Crippen molar-refractivity contribution in [3.8, 4) is 0 Å². The van der Waals surface area contributed by atoms with Crippen LogP contribution in [0.5, 0.6) is 0 Å². The number of carbonyl (C=O) groups excluding carboxylic acids is 3. The molecular formula is C20H22BrN3O3. The summed E-state index contributed by atoms with van der Waals surface area (Å²) in [4.78, 5) is 43.8. The second-order valence-electron chi connectivity index (χ2n) is 8.12. The number of imide groups is 1. The zero-order chi connectivity index (χ0) is 19.1. The van der Waals surface area contributed by atoms with Gasteiger partial charge in [-0.05, 0) is 50.9 Å². The summed E-state index contributed by atoms with van der Waals surface area (Å²) in [5.41, 5.74) is 0.505. The molecule has 0 aromatic heterocycles. The number of amides is 3. The number of carbonyl (C=O) groups is 3. The van der Waals surface area contributed by atoms with E-state index in [0.717, 1.165) is 35.1 Å². The molecule has 5 rings (SSSR count). The van der Waals surface area contributed by atoms with E-state index in [1.54, 1.807) is 0 Å². The Labute approximate surface area is 166 Å². The number of nitrogens with one attached hydrogen (secondary N) is 1. The van der Waals surface area contributed by atoms with Gasteiger partial charge in [-0.25, -0.2) is 0 Å². The lowest BCUT2D eigenvalue weighted by Crippen LogP contribution is -2.54. The van der Waals surface area contributed by atoms with Gasteiger partial charge < -0.3 is 5.32 Å². The molecule has 0 saturated carbocycles. The van der Waals surface area contributed by atoms with Crippen molar-refractivity contribution in [1.82, 2.24) is 9.80 Å². The van der Waals surface area contributed by atoms with E-state index in [0.29, 0.717) is 6.42 Å². The van der Waals surface area contributed by atoms with Crippen LogP contribution in [0.2, 0.25) is 0 Å². The summed E-state index contributed by atoms with van der Waals surface area (Å²) in [6.07, 6.45) is 2.51. The highest BCUT2D eigenvalue weighted by molar-refractivity contribution is 9.10. The molecule has 0 radical (unpaired) electrons. The smallest absolute Gasteiger partial charge is 0.250 e. The fourth-order valence-corrected chi connectivity index (χ4v) is 6.18. The van der Waals surface area contributed by atoms with Gasteiger partial charge in [0.1, 0.15) is 5.54 Å². The Balaban J connectivity index is 1.74. The van der Waals surface area contributed by atoms with E-state index in [1.165, 1.54) is 4.90 Å². The summed E-state index contributed by atoms with van der Waals surface area (Å²) in [5.74, 6) is -1.51. The van der Waals surface area contributed by atoms with Gasteiger partial charge in [0.25, 0.3) is 0 Å². The summed E-state index contributed by atoms with van der Waals surface area (Å²) in [7, 11) is 0. The molecule has 3 unspecified atom stereocenters. The van der Waals surface area contributed by atoms with Crippen LogP contribution in [0.15, 0.2) is 22.7 Å². The second-order valence-corrected chi connectivity index (χ2v) is 9.04. The van der Waals surface area contributed by atoms with Crippen LogP contribution in [0, 0.1) is 11.8 Å². The van der Waals surface area contributed by atoms with E-state index < -0.39 is 17.4 Å². The molecule has 6 nitrogen and oxygen atoms in total. The maximum atomic E-state index is 13.5. The maximum Gasteiger partial charge on any atom is 0.250 e. The van der Waals surface area contributed by atoms with Gasteiger partial charge in [0.15, 0.2) is 0 Å². The first-order chi connectivity index (χ1) is 12.9. The summed E-state index contributed by atoms with van der Waals surface area (Å²) in [5, 5.41) is 2.99. The number of halogens is 1. The minimum absolute atomic E-state index is 0.0452. The first-order valence-electron chi connectivity index (χ1n) is 9.68. The van der Waals surface area contributed by atoms with Crippen molar-refractivity contribution in [2.45, 2.75) is 50.7 Å². The Kier molecular flexibility index (Phi) is 3.63. The predicted octanol–water partition coefficient (Wildman–Crippen LogP) is 2.47. The van der Waals surface area contributed by atoms with Crippen LogP contribution in [0.3, 0.4) is 0 Å². The van der Waals surface area contributed by atoms with Gasteiger partial charge in [-0.1, -0.05) is 22.9 Å². The lowest BCUT2D eigenvalue weighted by molar-refractivity contribution is -0.147. The van der Waals surface area contributed by atoms with Crippen LogP contribution in [0.25, 0.3) is 0 Å². The zero-order valence-electron chi connectivity index (χ0n) is 15.4. The highest BCUT2D eigenvalue weighted by Crippen LogP contribution is 2.60. The molecule has 3 fully saturated rings. The SMILES string of the molecule is CCC(C)N1C(=O)[C@@H]2C3CCCN3C3(C(=O)Nc4ccc(Br)cc43)[C@@H]2C1=O. The number of hydrogen-bond acceptors (Lipinski definition) is 4. The predicted molar refractivity (Wildman–Crippen MR) is 103 cm³/mol. The summed E-state index contributed by atoms with van der Waals surface area (Å²) in [6, 6.07) is 5.51.